The van der Waals surface area contributed by atoms with Crippen molar-refractivity contribution in [2.75, 3.05) is 0 Å². The summed E-state index contributed by atoms with van der Waals surface area (Å²) >= 11 is 0. The number of hydrogen-bond donors (Lipinski definition) is 1. The molecule has 0 saturated heterocycles. The highest BCUT2D eigenvalue weighted by molar-refractivity contribution is 6.02. The number of hydrogen-bond acceptors (Lipinski definition) is 5. The number of rotatable bonds is 1. The third-order valence-electron chi connectivity index (χ3n) is 1.81. The third-order valence-corrected chi connectivity index (χ3v) is 1.81. The van der Waals surface area contributed by atoms with Crippen LogP contribution in [-0.2, 0) is 7.05 Å². The van der Waals surface area contributed by atoms with Crippen LogP contribution in [0, 0.1) is 0 Å². The maximum atomic E-state index is 5.48. The molecule has 0 aromatic carbocycles. The van der Waals surface area contributed by atoms with Crippen LogP contribution in [-0.4, -0.2) is 26.5 Å². The van der Waals surface area contributed by atoms with Gasteiger partial charge in [-0.1, -0.05) is 0 Å². The van der Waals surface area contributed by atoms with Gasteiger partial charge in [0.05, 0.1) is 11.9 Å². The molecule has 1 aliphatic rings. The van der Waals surface area contributed by atoms with Gasteiger partial charge in [0.15, 0.2) is 0 Å². The minimum Gasteiger partial charge on any atom is -0.386 e. The normalized spacial score (nSPS) is 16.7. The third kappa shape index (κ3) is 1.56. The van der Waals surface area contributed by atoms with E-state index in [-0.39, 0.29) is 0 Å². The smallest absolute Gasteiger partial charge is 0.129 e. The molecule has 0 atom stereocenters. The summed E-state index contributed by atoms with van der Waals surface area (Å²) in [5.41, 5.74) is 7.11. The Morgan fingerprint density at radius 1 is 1.38 bits per heavy atom. The summed E-state index contributed by atoms with van der Waals surface area (Å²) in [7, 11) is 1.77. The Morgan fingerprint density at radius 2 is 2.23 bits per heavy atom. The molecule has 1 aromatic heterocycles. The van der Waals surface area contributed by atoms with E-state index in [4.69, 9.17) is 5.73 Å². The number of nitrogens with two attached hydrogens (primary N) is 1. The highest BCUT2D eigenvalue weighted by Crippen LogP contribution is 2.07. The molecular formula is C7H10N6. The van der Waals surface area contributed by atoms with Crippen LogP contribution in [0.15, 0.2) is 16.4 Å². The molecule has 0 fully saturated rings. The second kappa shape index (κ2) is 2.96. The fourth-order valence-corrected chi connectivity index (χ4v) is 1.13. The van der Waals surface area contributed by atoms with Crippen LogP contribution in [0.3, 0.4) is 0 Å². The van der Waals surface area contributed by atoms with Crippen LogP contribution >= 0.6 is 0 Å². The molecule has 0 radical (unpaired) electrons. The molecule has 68 valence electrons. The van der Waals surface area contributed by atoms with Crippen molar-refractivity contribution in [2.24, 2.45) is 23.0 Å². The quantitative estimate of drug-likeness (QED) is 0.639. The number of amidine groups is 1. The fraction of sp³-hybridized carbons (Fsp3) is 0.429. The summed E-state index contributed by atoms with van der Waals surface area (Å²) in [5, 5.41) is 15.8. The fourth-order valence-electron chi connectivity index (χ4n) is 1.13. The topological polar surface area (TPSA) is 81.5 Å². The van der Waals surface area contributed by atoms with E-state index < -0.39 is 0 Å². The molecule has 2 N–H and O–H groups in total. The molecule has 0 aliphatic carbocycles. The number of nitrogens with zero attached hydrogens (tertiary/aromatic N) is 5. The number of aryl methyl sites for hydroxylation is 1. The molecule has 6 heteroatoms. The van der Waals surface area contributed by atoms with Crippen molar-refractivity contribution >= 4 is 11.5 Å². The van der Waals surface area contributed by atoms with Gasteiger partial charge in [0.1, 0.15) is 11.5 Å². The monoisotopic (exact) mass is 178 g/mol. The van der Waals surface area contributed by atoms with Gasteiger partial charge in [-0.3, -0.25) is 0 Å². The van der Waals surface area contributed by atoms with Crippen molar-refractivity contribution in [1.82, 2.24) is 15.0 Å². The first-order chi connectivity index (χ1) is 6.25. The molecule has 2 heterocycles. The zero-order chi connectivity index (χ0) is 9.26. The maximum Gasteiger partial charge on any atom is 0.129 e. The van der Waals surface area contributed by atoms with E-state index in [9.17, 15) is 0 Å². The van der Waals surface area contributed by atoms with E-state index in [0.717, 1.165) is 24.2 Å². The van der Waals surface area contributed by atoms with Crippen molar-refractivity contribution in [3.63, 3.8) is 0 Å². The second-order valence-corrected chi connectivity index (χ2v) is 2.86. The van der Waals surface area contributed by atoms with Crippen molar-refractivity contribution < 1.29 is 0 Å². The van der Waals surface area contributed by atoms with E-state index in [1.54, 1.807) is 13.2 Å². The van der Waals surface area contributed by atoms with Crippen LogP contribution in [0.1, 0.15) is 18.5 Å². The zero-order valence-electron chi connectivity index (χ0n) is 7.30. The predicted octanol–water partition coefficient (Wildman–Crippen LogP) is -0.330. The van der Waals surface area contributed by atoms with Crippen molar-refractivity contribution in [3.8, 4) is 0 Å². The van der Waals surface area contributed by atoms with Gasteiger partial charge in [0.25, 0.3) is 0 Å². The van der Waals surface area contributed by atoms with Gasteiger partial charge in [-0.2, -0.15) is 20.1 Å². The molecule has 0 spiro atoms. The molecule has 2 rings (SSSR count). The maximum absolute atomic E-state index is 5.48. The van der Waals surface area contributed by atoms with Crippen molar-refractivity contribution in [1.29, 1.82) is 0 Å². The summed E-state index contributed by atoms with van der Waals surface area (Å²) < 4.78 is 0. The van der Waals surface area contributed by atoms with E-state index >= 15 is 0 Å². The Balaban J connectivity index is 2.28. The predicted molar refractivity (Wildman–Crippen MR) is 48.4 cm³/mol. The largest absolute Gasteiger partial charge is 0.386 e. The van der Waals surface area contributed by atoms with Crippen LogP contribution < -0.4 is 5.73 Å². The lowest BCUT2D eigenvalue weighted by Gasteiger charge is -2.05. The minimum absolute atomic E-state index is 0.577. The number of aromatic nitrogens is 3. The van der Waals surface area contributed by atoms with E-state index in [1.165, 1.54) is 4.80 Å². The van der Waals surface area contributed by atoms with Gasteiger partial charge < -0.3 is 5.73 Å². The highest BCUT2D eigenvalue weighted by atomic mass is 15.5. The summed E-state index contributed by atoms with van der Waals surface area (Å²) in [6.45, 7) is 0. The molecule has 13 heavy (non-hydrogen) atoms. The summed E-state index contributed by atoms with van der Waals surface area (Å²) in [4.78, 5) is 1.50. The SMILES string of the molecule is Cn1ncc(C2=NN=C(N)CC2)n1. The molecular weight excluding hydrogens is 168 g/mol. The Bertz CT molecular complexity index is 374. The standard InChI is InChI=1S/C7H10N6/c1-13-9-4-6(12-13)5-2-3-7(8)11-10-5/h4H,2-3H2,1H3,(H2,8,11). The first-order valence-corrected chi connectivity index (χ1v) is 4.01. The van der Waals surface area contributed by atoms with Crippen molar-refractivity contribution in [3.05, 3.63) is 11.9 Å². The molecule has 6 nitrogen and oxygen atoms in total. The van der Waals surface area contributed by atoms with Crippen molar-refractivity contribution in [2.45, 2.75) is 12.8 Å². The van der Waals surface area contributed by atoms with Gasteiger partial charge in [-0.05, 0) is 0 Å². The van der Waals surface area contributed by atoms with E-state index in [0.29, 0.717) is 5.84 Å². The Morgan fingerprint density at radius 3 is 2.77 bits per heavy atom. The first-order valence-electron chi connectivity index (χ1n) is 4.01. The summed E-state index contributed by atoms with van der Waals surface area (Å²) in [6.07, 6.45) is 3.21. The zero-order valence-corrected chi connectivity index (χ0v) is 7.30. The highest BCUT2D eigenvalue weighted by Gasteiger charge is 2.12. The van der Waals surface area contributed by atoms with Crippen LogP contribution in [0.25, 0.3) is 0 Å². The molecule has 0 unspecified atom stereocenters. The Labute approximate surface area is 75.1 Å². The lowest BCUT2D eigenvalue weighted by Crippen LogP contribution is -2.18. The average Bonchev–Trinajstić information content (AvgIpc) is 2.53. The molecule has 0 saturated carbocycles. The van der Waals surface area contributed by atoms with E-state index in [1.807, 2.05) is 0 Å². The summed E-state index contributed by atoms with van der Waals surface area (Å²) in [6, 6.07) is 0. The van der Waals surface area contributed by atoms with Gasteiger partial charge in [-0.25, -0.2) is 0 Å². The first kappa shape index (κ1) is 7.90. The van der Waals surface area contributed by atoms with Gasteiger partial charge in [0.2, 0.25) is 0 Å². The van der Waals surface area contributed by atoms with Gasteiger partial charge in [-0.15, -0.1) is 5.10 Å². The lowest BCUT2D eigenvalue weighted by atomic mass is 10.1. The Hall–Kier alpha value is -1.72. The van der Waals surface area contributed by atoms with Crippen LogP contribution in [0.5, 0.6) is 0 Å². The minimum atomic E-state index is 0.577. The second-order valence-electron chi connectivity index (χ2n) is 2.86. The van der Waals surface area contributed by atoms with Crippen LogP contribution in [0.2, 0.25) is 0 Å². The summed E-state index contributed by atoms with van der Waals surface area (Å²) in [5.74, 6) is 0.577. The Kier molecular flexibility index (Phi) is 1.80. The van der Waals surface area contributed by atoms with E-state index in [2.05, 4.69) is 20.4 Å². The molecule has 1 aliphatic heterocycles. The molecule has 0 bridgehead atoms. The lowest BCUT2D eigenvalue weighted by molar-refractivity contribution is 0.652. The van der Waals surface area contributed by atoms with Gasteiger partial charge in [0, 0.05) is 19.9 Å². The average molecular weight is 178 g/mol. The molecule has 1 aromatic rings. The van der Waals surface area contributed by atoms with Gasteiger partial charge >= 0.3 is 0 Å². The molecule has 0 amide bonds. The van der Waals surface area contributed by atoms with Crippen LogP contribution in [0.4, 0.5) is 0 Å².